The maximum atomic E-state index is 12.4. The number of anilines is 1. The highest BCUT2D eigenvalue weighted by Crippen LogP contribution is 2.36. The van der Waals surface area contributed by atoms with Crippen molar-refractivity contribution in [3.63, 3.8) is 0 Å². The standard InChI is InChI=1S/C17H20BClN2O4S/c1-16(2)17(3,4)25-18(24-16)12-5-7-13(8-6-12)21-26(22,23)15-11-20-10-9-14(15)19/h5-11,21H,1-4H3. The van der Waals surface area contributed by atoms with E-state index in [2.05, 4.69) is 9.71 Å². The number of hydrogen-bond donors (Lipinski definition) is 1. The van der Waals surface area contributed by atoms with Crippen LogP contribution in [0.3, 0.4) is 0 Å². The molecule has 1 aliphatic heterocycles. The molecule has 1 N–H and O–H groups in total. The number of aromatic nitrogens is 1. The molecule has 3 rings (SSSR count). The third-order valence-corrected chi connectivity index (χ3v) is 6.56. The van der Waals surface area contributed by atoms with Gasteiger partial charge in [-0.05, 0) is 51.4 Å². The van der Waals surface area contributed by atoms with Crippen molar-refractivity contribution >= 4 is 39.9 Å². The lowest BCUT2D eigenvalue weighted by molar-refractivity contribution is 0.00578. The average molecular weight is 395 g/mol. The van der Waals surface area contributed by atoms with Crippen molar-refractivity contribution in [2.24, 2.45) is 0 Å². The van der Waals surface area contributed by atoms with Gasteiger partial charge in [0.2, 0.25) is 0 Å². The van der Waals surface area contributed by atoms with E-state index in [1.807, 2.05) is 27.7 Å². The maximum Gasteiger partial charge on any atom is 0.494 e. The Hall–Kier alpha value is -1.61. The van der Waals surface area contributed by atoms with Gasteiger partial charge in [0, 0.05) is 18.1 Å². The second kappa shape index (κ2) is 6.53. The third-order valence-electron chi connectivity index (χ3n) is 4.71. The van der Waals surface area contributed by atoms with E-state index in [9.17, 15) is 8.42 Å². The molecule has 0 spiro atoms. The topological polar surface area (TPSA) is 77.5 Å². The van der Waals surface area contributed by atoms with Crippen LogP contribution in [0.15, 0.2) is 47.6 Å². The molecular formula is C17H20BClN2O4S. The van der Waals surface area contributed by atoms with Gasteiger partial charge in [-0.15, -0.1) is 0 Å². The Bertz CT molecular complexity index is 901. The summed E-state index contributed by atoms with van der Waals surface area (Å²) in [5.41, 5.74) is 0.348. The van der Waals surface area contributed by atoms with E-state index in [1.165, 1.54) is 18.5 Å². The molecule has 6 nitrogen and oxygen atoms in total. The molecule has 2 heterocycles. The van der Waals surface area contributed by atoms with Gasteiger partial charge in [-0.3, -0.25) is 9.71 Å². The summed E-state index contributed by atoms with van der Waals surface area (Å²) in [6, 6.07) is 8.28. The molecule has 0 bridgehead atoms. The van der Waals surface area contributed by atoms with Gasteiger partial charge in [0.25, 0.3) is 10.0 Å². The lowest BCUT2D eigenvalue weighted by atomic mass is 9.79. The molecule has 9 heteroatoms. The highest BCUT2D eigenvalue weighted by molar-refractivity contribution is 7.92. The summed E-state index contributed by atoms with van der Waals surface area (Å²) in [5.74, 6) is 0. The Morgan fingerprint density at radius 2 is 1.62 bits per heavy atom. The molecule has 1 fully saturated rings. The Morgan fingerprint density at radius 1 is 1.04 bits per heavy atom. The fourth-order valence-electron chi connectivity index (χ4n) is 2.46. The zero-order valence-corrected chi connectivity index (χ0v) is 16.6. The van der Waals surface area contributed by atoms with Crippen molar-refractivity contribution in [3.8, 4) is 0 Å². The minimum absolute atomic E-state index is 0.0725. The van der Waals surface area contributed by atoms with Gasteiger partial charge in [0.1, 0.15) is 4.90 Å². The van der Waals surface area contributed by atoms with Gasteiger partial charge >= 0.3 is 7.12 Å². The predicted molar refractivity (Wildman–Crippen MR) is 102 cm³/mol. The Balaban J connectivity index is 1.78. The van der Waals surface area contributed by atoms with E-state index >= 15 is 0 Å². The summed E-state index contributed by atoms with van der Waals surface area (Å²) in [4.78, 5) is 3.74. The lowest BCUT2D eigenvalue weighted by Gasteiger charge is -2.32. The minimum atomic E-state index is -3.82. The van der Waals surface area contributed by atoms with Crippen molar-refractivity contribution in [3.05, 3.63) is 47.7 Å². The monoisotopic (exact) mass is 394 g/mol. The fourth-order valence-corrected chi connectivity index (χ4v) is 3.95. The zero-order valence-electron chi connectivity index (χ0n) is 15.0. The van der Waals surface area contributed by atoms with E-state index in [1.54, 1.807) is 24.3 Å². The average Bonchev–Trinajstić information content (AvgIpc) is 2.76. The summed E-state index contributed by atoms with van der Waals surface area (Å²) in [5, 5.41) is 0.112. The first-order valence-electron chi connectivity index (χ1n) is 8.10. The van der Waals surface area contributed by atoms with Crippen molar-refractivity contribution in [2.45, 2.75) is 43.8 Å². The van der Waals surface area contributed by atoms with Crippen LogP contribution in [-0.2, 0) is 19.3 Å². The molecule has 0 radical (unpaired) electrons. The van der Waals surface area contributed by atoms with Gasteiger partial charge in [0.15, 0.2) is 0 Å². The fraction of sp³-hybridized carbons (Fsp3) is 0.353. The zero-order chi connectivity index (χ0) is 19.2. The molecule has 138 valence electrons. The van der Waals surface area contributed by atoms with Crippen LogP contribution in [0.2, 0.25) is 5.02 Å². The van der Waals surface area contributed by atoms with Crippen molar-refractivity contribution in [1.82, 2.24) is 4.98 Å². The predicted octanol–water partition coefficient (Wildman–Crippen LogP) is 2.84. The van der Waals surface area contributed by atoms with Crippen LogP contribution < -0.4 is 10.2 Å². The Morgan fingerprint density at radius 3 is 2.15 bits per heavy atom. The summed E-state index contributed by atoms with van der Waals surface area (Å²) < 4.78 is 39.4. The normalized spacial score (nSPS) is 18.7. The molecule has 26 heavy (non-hydrogen) atoms. The molecule has 2 aromatic rings. The number of hydrogen-bond acceptors (Lipinski definition) is 5. The molecule has 0 atom stereocenters. The highest BCUT2D eigenvalue weighted by atomic mass is 35.5. The SMILES string of the molecule is CC1(C)OB(c2ccc(NS(=O)(=O)c3cnccc3Cl)cc2)OC1(C)C. The number of nitrogens with one attached hydrogen (secondary N) is 1. The largest absolute Gasteiger partial charge is 0.494 e. The number of nitrogens with zero attached hydrogens (tertiary/aromatic N) is 1. The molecule has 0 saturated carbocycles. The van der Waals surface area contributed by atoms with E-state index < -0.39 is 28.3 Å². The first kappa shape index (κ1) is 19.2. The molecule has 0 amide bonds. The number of sulfonamides is 1. The summed E-state index contributed by atoms with van der Waals surface area (Å²) in [6.45, 7) is 7.92. The van der Waals surface area contributed by atoms with Crippen molar-refractivity contribution in [2.75, 3.05) is 4.72 Å². The Kier molecular flexibility index (Phi) is 4.81. The number of pyridine rings is 1. The second-order valence-electron chi connectivity index (χ2n) is 7.12. The summed E-state index contributed by atoms with van der Waals surface area (Å²) in [7, 11) is -4.32. The summed E-state index contributed by atoms with van der Waals surface area (Å²) >= 11 is 5.95. The number of rotatable bonds is 4. The van der Waals surface area contributed by atoms with Crippen LogP contribution >= 0.6 is 11.6 Å². The first-order valence-corrected chi connectivity index (χ1v) is 9.96. The van der Waals surface area contributed by atoms with Crippen LogP contribution in [0.25, 0.3) is 0 Å². The van der Waals surface area contributed by atoms with Gasteiger partial charge in [-0.1, -0.05) is 23.7 Å². The van der Waals surface area contributed by atoms with E-state index in [4.69, 9.17) is 20.9 Å². The molecule has 1 aliphatic rings. The second-order valence-corrected chi connectivity index (χ2v) is 9.18. The maximum absolute atomic E-state index is 12.4. The third kappa shape index (κ3) is 3.60. The van der Waals surface area contributed by atoms with Crippen LogP contribution in [0, 0.1) is 0 Å². The molecule has 1 saturated heterocycles. The van der Waals surface area contributed by atoms with E-state index in [0.717, 1.165) is 5.46 Å². The van der Waals surface area contributed by atoms with Gasteiger partial charge in [-0.25, -0.2) is 8.42 Å². The van der Waals surface area contributed by atoms with Crippen LogP contribution in [0.4, 0.5) is 5.69 Å². The minimum Gasteiger partial charge on any atom is -0.399 e. The molecule has 1 aromatic carbocycles. The van der Waals surface area contributed by atoms with Crippen molar-refractivity contribution in [1.29, 1.82) is 0 Å². The first-order chi connectivity index (χ1) is 12.0. The van der Waals surface area contributed by atoms with Crippen LogP contribution in [-0.4, -0.2) is 31.7 Å². The van der Waals surface area contributed by atoms with Crippen LogP contribution in [0.1, 0.15) is 27.7 Å². The highest BCUT2D eigenvalue weighted by Gasteiger charge is 2.51. The molecule has 0 aliphatic carbocycles. The number of benzene rings is 1. The molecular weight excluding hydrogens is 375 g/mol. The molecule has 0 unspecified atom stereocenters. The van der Waals surface area contributed by atoms with E-state index in [-0.39, 0.29) is 9.92 Å². The molecule has 1 aromatic heterocycles. The quantitative estimate of drug-likeness (QED) is 0.807. The Labute approximate surface area is 159 Å². The van der Waals surface area contributed by atoms with Gasteiger partial charge in [-0.2, -0.15) is 0 Å². The number of halogens is 1. The summed E-state index contributed by atoms with van der Waals surface area (Å²) in [6.07, 6.45) is 2.64. The smallest absolute Gasteiger partial charge is 0.399 e. The van der Waals surface area contributed by atoms with E-state index in [0.29, 0.717) is 5.69 Å². The van der Waals surface area contributed by atoms with Gasteiger partial charge in [0.05, 0.1) is 16.2 Å². The van der Waals surface area contributed by atoms with Crippen LogP contribution in [0.5, 0.6) is 0 Å². The van der Waals surface area contributed by atoms with Crippen molar-refractivity contribution < 1.29 is 17.7 Å². The lowest BCUT2D eigenvalue weighted by Crippen LogP contribution is -2.41. The van der Waals surface area contributed by atoms with Gasteiger partial charge < -0.3 is 9.31 Å².